The number of primary amides is 1. The number of benzene rings is 1. The first-order chi connectivity index (χ1) is 19.1. The summed E-state index contributed by atoms with van der Waals surface area (Å²) in [5.74, 6) is -1.55. The molecular formula is C27H35F3N4O6S. The molecule has 1 amide bonds. The van der Waals surface area contributed by atoms with Crippen LogP contribution in [0.3, 0.4) is 0 Å². The van der Waals surface area contributed by atoms with Crippen LogP contribution >= 0.6 is 0 Å². The highest BCUT2D eigenvalue weighted by Crippen LogP contribution is 2.37. The fourth-order valence-corrected chi connectivity index (χ4v) is 5.82. The molecule has 3 aromatic rings. The Bertz CT molecular complexity index is 1470. The zero-order valence-electron chi connectivity index (χ0n) is 23.0. The van der Waals surface area contributed by atoms with Crippen molar-refractivity contribution in [2.24, 2.45) is 11.7 Å². The molecule has 41 heavy (non-hydrogen) atoms. The van der Waals surface area contributed by atoms with Gasteiger partial charge in [-0.05, 0) is 67.5 Å². The molecule has 0 atom stereocenters. The third-order valence-electron chi connectivity index (χ3n) is 6.82. The molecule has 1 fully saturated rings. The van der Waals surface area contributed by atoms with Gasteiger partial charge in [0, 0.05) is 30.2 Å². The molecular weight excluding hydrogens is 565 g/mol. The number of alkyl halides is 3. The first-order valence-corrected chi connectivity index (χ1v) is 14.8. The number of aliphatic carboxylic acids is 1. The van der Waals surface area contributed by atoms with Gasteiger partial charge in [-0.15, -0.1) is 0 Å². The zero-order valence-corrected chi connectivity index (χ0v) is 23.9. The molecule has 1 aliphatic rings. The number of carbonyl (C=O) groups is 2. The van der Waals surface area contributed by atoms with Crippen molar-refractivity contribution in [3.63, 3.8) is 0 Å². The Hall–Kier alpha value is -3.36. The highest BCUT2D eigenvalue weighted by Gasteiger charge is 2.38. The van der Waals surface area contributed by atoms with E-state index in [0.717, 1.165) is 52.7 Å². The van der Waals surface area contributed by atoms with Gasteiger partial charge < -0.3 is 25.6 Å². The molecule has 0 saturated carbocycles. The lowest BCUT2D eigenvalue weighted by atomic mass is 9.88. The normalized spacial score (nSPS) is 15.2. The average Bonchev–Trinajstić information content (AvgIpc) is 3.55. The van der Waals surface area contributed by atoms with Crippen LogP contribution in [0.2, 0.25) is 0 Å². The van der Waals surface area contributed by atoms with Crippen molar-refractivity contribution in [2.45, 2.75) is 52.3 Å². The molecule has 1 aromatic carbocycles. The van der Waals surface area contributed by atoms with Gasteiger partial charge in [0.1, 0.15) is 5.76 Å². The minimum absolute atomic E-state index is 0.121. The summed E-state index contributed by atoms with van der Waals surface area (Å²) in [6, 6.07) is 5.86. The summed E-state index contributed by atoms with van der Waals surface area (Å²) in [6.07, 6.45) is 0.0320. The number of carboxylic acid groups (broad SMARTS) is 1. The minimum atomic E-state index is -5.08. The number of nitrogens with zero attached hydrogens (tertiary/aromatic N) is 1. The topological polar surface area (TPSA) is 159 Å². The number of hydrogen-bond acceptors (Lipinski definition) is 6. The Balaban J connectivity index is 0.000000587. The number of nitrogens with one attached hydrogen (secondary N) is 2. The molecule has 2 aromatic heterocycles. The lowest BCUT2D eigenvalue weighted by molar-refractivity contribution is -0.192. The number of aromatic nitrogens is 1. The van der Waals surface area contributed by atoms with E-state index in [9.17, 15) is 26.4 Å². The summed E-state index contributed by atoms with van der Waals surface area (Å²) in [6.45, 7) is 8.53. The van der Waals surface area contributed by atoms with Gasteiger partial charge in [-0.2, -0.15) is 13.2 Å². The van der Waals surface area contributed by atoms with E-state index in [1.807, 2.05) is 12.3 Å². The predicted octanol–water partition coefficient (Wildman–Crippen LogP) is 4.43. The van der Waals surface area contributed by atoms with Gasteiger partial charge in [-0.25, -0.2) is 17.5 Å². The molecule has 1 aliphatic heterocycles. The van der Waals surface area contributed by atoms with Crippen molar-refractivity contribution in [2.75, 3.05) is 25.4 Å². The number of hydrogen-bond donors (Lipinski definition) is 4. The molecule has 1 saturated heterocycles. The van der Waals surface area contributed by atoms with Crippen LogP contribution in [0.15, 0.2) is 35.1 Å². The molecule has 4 rings (SSSR count). The number of rotatable bonds is 9. The van der Waals surface area contributed by atoms with Crippen LogP contribution in [0.5, 0.6) is 0 Å². The van der Waals surface area contributed by atoms with E-state index in [2.05, 4.69) is 30.2 Å². The molecule has 0 bridgehead atoms. The number of H-pyrrole nitrogens is 1. The number of piperidine rings is 1. The number of fused-ring (bicyclic) bond motifs is 1. The monoisotopic (exact) mass is 600 g/mol. The van der Waals surface area contributed by atoms with Crippen LogP contribution in [0.4, 0.5) is 13.2 Å². The maximum Gasteiger partial charge on any atom is 0.490 e. The SMILES string of the molecule is CCS(=O)(=O)N1CCC(c2c[nH]c3c(C(N)=O)cc(-c4coc(CNCC(C)C)c4)cc23)CC1.O=C(O)C(F)(F)F. The van der Waals surface area contributed by atoms with Crippen LogP contribution in [-0.2, 0) is 21.4 Å². The summed E-state index contributed by atoms with van der Waals surface area (Å²) in [4.78, 5) is 24.4. The van der Waals surface area contributed by atoms with Gasteiger partial charge in [0.25, 0.3) is 5.91 Å². The highest BCUT2D eigenvalue weighted by molar-refractivity contribution is 7.89. The quantitative estimate of drug-likeness (QED) is 0.283. The van der Waals surface area contributed by atoms with Gasteiger partial charge in [0.05, 0.1) is 29.6 Å². The maximum absolute atomic E-state index is 12.3. The third-order valence-corrected chi connectivity index (χ3v) is 8.70. The van der Waals surface area contributed by atoms with Crippen LogP contribution in [0.25, 0.3) is 22.0 Å². The summed E-state index contributed by atoms with van der Waals surface area (Å²) in [5.41, 5.74) is 9.74. The third kappa shape index (κ3) is 8.11. The number of furan rings is 1. The number of carbonyl (C=O) groups excluding carboxylic acids is 1. The molecule has 0 aliphatic carbocycles. The van der Waals surface area contributed by atoms with Crippen LogP contribution < -0.4 is 11.1 Å². The van der Waals surface area contributed by atoms with E-state index in [4.69, 9.17) is 20.1 Å². The largest absolute Gasteiger partial charge is 0.490 e. The summed E-state index contributed by atoms with van der Waals surface area (Å²) >= 11 is 0. The van der Waals surface area contributed by atoms with E-state index in [1.54, 1.807) is 23.6 Å². The number of sulfonamides is 1. The smallest absolute Gasteiger partial charge is 0.475 e. The van der Waals surface area contributed by atoms with Crippen molar-refractivity contribution < 1.29 is 40.7 Å². The van der Waals surface area contributed by atoms with Crippen molar-refractivity contribution in [1.82, 2.24) is 14.6 Å². The Morgan fingerprint density at radius 3 is 2.37 bits per heavy atom. The first kappa shape index (κ1) is 32.2. The van der Waals surface area contributed by atoms with E-state index in [1.165, 1.54) is 0 Å². The van der Waals surface area contributed by atoms with E-state index < -0.39 is 28.1 Å². The van der Waals surface area contributed by atoms with Gasteiger partial charge in [-0.1, -0.05) is 13.8 Å². The fraction of sp³-hybridized carbons (Fsp3) is 0.481. The lowest BCUT2D eigenvalue weighted by Gasteiger charge is -2.31. The van der Waals surface area contributed by atoms with Gasteiger partial charge in [0.15, 0.2) is 0 Å². The first-order valence-electron chi connectivity index (χ1n) is 13.1. The van der Waals surface area contributed by atoms with Crippen LogP contribution in [-0.4, -0.2) is 66.3 Å². The van der Waals surface area contributed by atoms with Crippen molar-refractivity contribution >= 4 is 32.8 Å². The minimum Gasteiger partial charge on any atom is -0.475 e. The Labute approximate surface area is 236 Å². The van der Waals surface area contributed by atoms with Crippen LogP contribution in [0, 0.1) is 5.92 Å². The lowest BCUT2D eigenvalue weighted by Crippen LogP contribution is -2.38. The standard InChI is InChI=1S/C25H34N4O4S.C2HF3O2/c1-4-34(31,32)29-7-5-17(6-8-29)23-14-28-24-21(23)10-18(11-22(24)25(26)30)19-9-20(33-15-19)13-27-12-16(2)3;3-2(4,5)1(6)7/h9-11,14-17,27-28H,4-8,12-13H2,1-3H3,(H2,26,30);(H,6,7). The summed E-state index contributed by atoms with van der Waals surface area (Å²) < 4.78 is 63.5. The second-order valence-corrected chi connectivity index (χ2v) is 12.5. The number of carboxylic acids is 1. The Kier molecular flexibility index (Phi) is 10.3. The maximum atomic E-state index is 12.3. The number of halogens is 3. The fourth-order valence-electron chi connectivity index (χ4n) is 4.69. The molecule has 0 radical (unpaired) electrons. The predicted molar refractivity (Wildman–Crippen MR) is 148 cm³/mol. The van der Waals surface area contributed by atoms with Crippen molar-refractivity contribution in [3.05, 3.63) is 47.5 Å². The molecule has 14 heteroatoms. The van der Waals surface area contributed by atoms with E-state index in [-0.39, 0.29) is 11.7 Å². The Morgan fingerprint density at radius 2 is 1.83 bits per heavy atom. The molecule has 3 heterocycles. The van der Waals surface area contributed by atoms with Gasteiger partial charge in [-0.3, -0.25) is 4.79 Å². The number of amides is 1. The molecule has 0 unspecified atom stereocenters. The summed E-state index contributed by atoms with van der Waals surface area (Å²) in [5, 5.41) is 11.4. The second kappa shape index (κ2) is 13.1. The number of nitrogens with two attached hydrogens (primary N) is 1. The van der Waals surface area contributed by atoms with Crippen LogP contribution in [0.1, 0.15) is 61.2 Å². The van der Waals surface area contributed by atoms with Gasteiger partial charge in [0.2, 0.25) is 10.0 Å². The number of aromatic amines is 1. The van der Waals surface area contributed by atoms with Crippen molar-refractivity contribution in [3.8, 4) is 11.1 Å². The summed E-state index contributed by atoms with van der Waals surface area (Å²) in [7, 11) is -3.18. The van der Waals surface area contributed by atoms with E-state index >= 15 is 0 Å². The molecule has 0 spiro atoms. The molecule has 226 valence electrons. The van der Waals surface area contributed by atoms with Gasteiger partial charge >= 0.3 is 12.1 Å². The molecule has 5 N–H and O–H groups in total. The average molecular weight is 601 g/mol. The van der Waals surface area contributed by atoms with E-state index in [0.29, 0.717) is 31.1 Å². The highest BCUT2D eigenvalue weighted by atomic mass is 32.2. The van der Waals surface area contributed by atoms with Crippen molar-refractivity contribution in [1.29, 1.82) is 0 Å². The Morgan fingerprint density at radius 1 is 1.20 bits per heavy atom. The molecule has 10 nitrogen and oxygen atoms in total. The second-order valence-electron chi connectivity index (χ2n) is 10.3. The zero-order chi connectivity index (χ0) is 30.5.